The van der Waals surface area contributed by atoms with Gasteiger partial charge in [-0.1, -0.05) is 11.6 Å². The van der Waals surface area contributed by atoms with Gasteiger partial charge in [-0.2, -0.15) is 0 Å². The molecule has 0 aliphatic carbocycles. The van der Waals surface area contributed by atoms with Crippen molar-refractivity contribution in [1.82, 2.24) is 0 Å². The predicted octanol–water partition coefficient (Wildman–Crippen LogP) is 4.18. The molecule has 88 valence electrons. The van der Waals surface area contributed by atoms with Gasteiger partial charge in [0.05, 0.1) is 5.69 Å². The van der Waals surface area contributed by atoms with Gasteiger partial charge in [-0.15, -0.1) is 0 Å². The molecule has 0 saturated heterocycles. The number of hydrogen-bond donors (Lipinski definition) is 1. The molecule has 0 bridgehead atoms. The van der Waals surface area contributed by atoms with E-state index in [0.29, 0.717) is 21.7 Å². The van der Waals surface area contributed by atoms with E-state index in [-0.39, 0.29) is 5.69 Å². The van der Waals surface area contributed by atoms with Crippen LogP contribution in [0.15, 0.2) is 30.3 Å². The molecule has 0 aromatic heterocycles. The quantitative estimate of drug-likeness (QED) is 0.758. The molecule has 17 heavy (non-hydrogen) atoms. The first-order valence-corrected chi connectivity index (χ1v) is 5.38. The molecular formula is C13H10ClF2N. The van der Waals surface area contributed by atoms with E-state index in [9.17, 15) is 8.78 Å². The number of rotatable bonds is 1. The highest BCUT2D eigenvalue weighted by atomic mass is 35.5. The minimum atomic E-state index is -0.506. The van der Waals surface area contributed by atoms with Crippen LogP contribution in [0.5, 0.6) is 0 Å². The largest absolute Gasteiger partial charge is 0.396 e. The molecule has 0 atom stereocenters. The minimum Gasteiger partial charge on any atom is -0.396 e. The second-order valence-corrected chi connectivity index (χ2v) is 4.25. The molecule has 2 N–H and O–H groups in total. The zero-order valence-corrected chi connectivity index (χ0v) is 9.85. The molecule has 0 heterocycles. The topological polar surface area (TPSA) is 26.0 Å². The number of nitrogens with two attached hydrogens (primary N) is 1. The maximum Gasteiger partial charge on any atom is 0.146 e. The number of anilines is 1. The van der Waals surface area contributed by atoms with Crippen molar-refractivity contribution in [2.24, 2.45) is 0 Å². The first-order chi connectivity index (χ1) is 7.99. The fourth-order valence-corrected chi connectivity index (χ4v) is 1.86. The molecule has 0 amide bonds. The van der Waals surface area contributed by atoms with Crippen LogP contribution < -0.4 is 5.73 Å². The molecule has 0 fully saturated rings. The number of benzene rings is 2. The van der Waals surface area contributed by atoms with E-state index in [1.807, 2.05) is 0 Å². The van der Waals surface area contributed by atoms with Gasteiger partial charge in [0.1, 0.15) is 11.6 Å². The summed E-state index contributed by atoms with van der Waals surface area (Å²) >= 11 is 5.82. The second-order valence-electron chi connectivity index (χ2n) is 3.81. The fraction of sp³-hybridized carbons (Fsp3) is 0.0769. The lowest BCUT2D eigenvalue weighted by atomic mass is 9.99. The Kier molecular flexibility index (Phi) is 3.03. The zero-order valence-electron chi connectivity index (χ0n) is 9.10. The van der Waals surface area contributed by atoms with Crippen LogP contribution in [0.25, 0.3) is 11.1 Å². The van der Waals surface area contributed by atoms with Crippen molar-refractivity contribution in [2.75, 3.05) is 5.73 Å². The predicted molar refractivity (Wildman–Crippen MR) is 66.0 cm³/mol. The number of halogens is 3. The Balaban J connectivity index is 2.68. The summed E-state index contributed by atoms with van der Waals surface area (Å²) in [7, 11) is 0. The van der Waals surface area contributed by atoms with Gasteiger partial charge in [0.25, 0.3) is 0 Å². The van der Waals surface area contributed by atoms with Crippen LogP contribution in [0.3, 0.4) is 0 Å². The number of hydrogen-bond acceptors (Lipinski definition) is 1. The Bertz CT molecular complexity index is 582. The molecule has 1 nitrogen and oxygen atoms in total. The van der Waals surface area contributed by atoms with Crippen molar-refractivity contribution in [1.29, 1.82) is 0 Å². The van der Waals surface area contributed by atoms with Crippen molar-refractivity contribution in [3.05, 3.63) is 52.6 Å². The summed E-state index contributed by atoms with van der Waals surface area (Å²) in [5.41, 5.74) is 6.95. The standard InChI is InChI=1S/C13H10ClF2N/c1-7-4-12(16)13(17)6-9(7)10-5-8(14)2-3-11(10)15/h2-6H,17H2,1H3. The van der Waals surface area contributed by atoms with Crippen LogP contribution in [0.2, 0.25) is 5.02 Å². The molecule has 0 unspecified atom stereocenters. The van der Waals surface area contributed by atoms with Crippen LogP contribution in [0.1, 0.15) is 5.56 Å². The van der Waals surface area contributed by atoms with E-state index in [0.717, 1.165) is 0 Å². The first-order valence-electron chi connectivity index (χ1n) is 5.00. The Morgan fingerprint density at radius 1 is 1.00 bits per heavy atom. The minimum absolute atomic E-state index is 0.00928. The smallest absolute Gasteiger partial charge is 0.146 e. The fourth-order valence-electron chi connectivity index (χ4n) is 1.68. The van der Waals surface area contributed by atoms with Crippen LogP contribution in [0.4, 0.5) is 14.5 Å². The summed E-state index contributed by atoms with van der Waals surface area (Å²) in [4.78, 5) is 0. The second kappa shape index (κ2) is 4.34. The van der Waals surface area contributed by atoms with E-state index >= 15 is 0 Å². The molecular weight excluding hydrogens is 244 g/mol. The van der Waals surface area contributed by atoms with Gasteiger partial charge in [-0.25, -0.2) is 8.78 Å². The molecule has 2 aromatic carbocycles. The SMILES string of the molecule is Cc1cc(F)c(N)cc1-c1cc(Cl)ccc1F. The first kappa shape index (κ1) is 11.9. The van der Waals surface area contributed by atoms with Crippen molar-refractivity contribution >= 4 is 17.3 Å². The van der Waals surface area contributed by atoms with E-state index < -0.39 is 11.6 Å². The van der Waals surface area contributed by atoms with Crippen molar-refractivity contribution in [3.8, 4) is 11.1 Å². The summed E-state index contributed by atoms with van der Waals surface area (Å²) in [5.74, 6) is -0.919. The van der Waals surface area contributed by atoms with Crippen molar-refractivity contribution in [2.45, 2.75) is 6.92 Å². The lowest BCUT2D eigenvalue weighted by Gasteiger charge is -2.09. The summed E-state index contributed by atoms with van der Waals surface area (Å²) < 4.78 is 26.9. The molecule has 4 heteroatoms. The molecule has 2 rings (SSSR count). The highest BCUT2D eigenvalue weighted by Crippen LogP contribution is 2.31. The van der Waals surface area contributed by atoms with Crippen LogP contribution in [-0.4, -0.2) is 0 Å². The van der Waals surface area contributed by atoms with Crippen LogP contribution >= 0.6 is 11.6 Å². The number of nitrogen functional groups attached to an aromatic ring is 1. The van der Waals surface area contributed by atoms with E-state index in [1.165, 1.54) is 30.3 Å². The Hall–Kier alpha value is -1.61. The van der Waals surface area contributed by atoms with Crippen LogP contribution in [0, 0.1) is 18.6 Å². The third kappa shape index (κ3) is 2.24. The Morgan fingerprint density at radius 3 is 2.41 bits per heavy atom. The van der Waals surface area contributed by atoms with E-state index in [2.05, 4.69) is 0 Å². The van der Waals surface area contributed by atoms with Gasteiger partial charge in [0, 0.05) is 10.6 Å². The lowest BCUT2D eigenvalue weighted by Crippen LogP contribution is -1.95. The molecule has 0 aliphatic rings. The van der Waals surface area contributed by atoms with E-state index in [4.69, 9.17) is 17.3 Å². The van der Waals surface area contributed by atoms with Gasteiger partial charge < -0.3 is 5.73 Å². The normalized spacial score (nSPS) is 10.6. The van der Waals surface area contributed by atoms with Gasteiger partial charge in [-0.05, 0) is 48.4 Å². The third-order valence-corrected chi connectivity index (χ3v) is 2.80. The van der Waals surface area contributed by atoms with Gasteiger partial charge in [0.15, 0.2) is 0 Å². The monoisotopic (exact) mass is 253 g/mol. The Morgan fingerprint density at radius 2 is 1.71 bits per heavy atom. The van der Waals surface area contributed by atoms with Crippen LogP contribution in [-0.2, 0) is 0 Å². The summed E-state index contributed by atoms with van der Waals surface area (Å²) in [5, 5.41) is 0.420. The van der Waals surface area contributed by atoms with Crippen molar-refractivity contribution < 1.29 is 8.78 Å². The third-order valence-electron chi connectivity index (χ3n) is 2.56. The molecule has 0 aliphatic heterocycles. The van der Waals surface area contributed by atoms with Gasteiger partial charge in [-0.3, -0.25) is 0 Å². The van der Waals surface area contributed by atoms with E-state index in [1.54, 1.807) is 6.92 Å². The summed E-state index contributed by atoms with van der Waals surface area (Å²) in [6.45, 7) is 1.69. The van der Waals surface area contributed by atoms with Gasteiger partial charge in [0.2, 0.25) is 0 Å². The highest BCUT2D eigenvalue weighted by molar-refractivity contribution is 6.30. The molecule has 2 aromatic rings. The van der Waals surface area contributed by atoms with Crippen molar-refractivity contribution in [3.63, 3.8) is 0 Å². The zero-order chi connectivity index (χ0) is 12.6. The summed E-state index contributed by atoms with van der Waals surface area (Å²) in [6, 6.07) is 6.93. The molecule has 0 saturated carbocycles. The average molecular weight is 254 g/mol. The number of aryl methyl sites for hydroxylation is 1. The highest BCUT2D eigenvalue weighted by Gasteiger charge is 2.11. The Labute approximate surface area is 103 Å². The lowest BCUT2D eigenvalue weighted by molar-refractivity contribution is 0.627. The average Bonchev–Trinajstić information content (AvgIpc) is 2.27. The van der Waals surface area contributed by atoms with Gasteiger partial charge >= 0.3 is 0 Å². The molecule has 0 spiro atoms. The maximum atomic E-state index is 13.7. The molecule has 0 radical (unpaired) electrons. The summed E-state index contributed by atoms with van der Waals surface area (Å²) in [6.07, 6.45) is 0. The maximum absolute atomic E-state index is 13.7.